The third-order valence-electron chi connectivity index (χ3n) is 2.68. The topological polar surface area (TPSA) is 65.4 Å². The first-order valence-electron chi connectivity index (χ1n) is 5.37. The minimum atomic E-state index is -0.338. The van der Waals surface area contributed by atoms with Gasteiger partial charge >= 0.3 is 6.09 Å². The van der Waals surface area contributed by atoms with Crippen molar-refractivity contribution in [1.29, 1.82) is 5.26 Å². The Morgan fingerprint density at radius 2 is 2.24 bits per heavy atom. The Hall–Kier alpha value is -2.06. The molecule has 1 amide bonds. The van der Waals surface area contributed by atoms with E-state index in [9.17, 15) is 4.79 Å². The highest BCUT2D eigenvalue weighted by Crippen LogP contribution is 2.23. The first kappa shape index (κ1) is 11.4. The SMILES string of the molecule is CNCC1COC(=O)N1c1ccc(C#N)cc1. The van der Waals surface area contributed by atoms with E-state index in [1.807, 2.05) is 13.1 Å². The fraction of sp³-hybridized carbons (Fsp3) is 0.333. The third kappa shape index (κ3) is 2.22. The number of benzene rings is 1. The molecule has 1 aliphatic heterocycles. The Labute approximate surface area is 99.6 Å². The Morgan fingerprint density at radius 3 is 2.82 bits per heavy atom. The van der Waals surface area contributed by atoms with E-state index in [-0.39, 0.29) is 12.1 Å². The summed E-state index contributed by atoms with van der Waals surface area (Å²) in [7, 11) is 1.83. The summed E-state index contributed by atoms with van der Waals surface area (Å²) in [5.74, 6) is 0. The number of amides is 1. The second-order valence-corrected chi connectivity index (χ2v) is 3.82. The molecule has 2 rings (SSSR count). The van der Waals surface area contributed by atoms with Crippen LogP contribution in [0.15, 0.2) is 24.3 Å². The van der Waals surface area contributed by atoms with Crippen molar-refractivity contribution in [3.8, 4) is 6.07 Å². The number of carbonyl (C=O) groups excluding carboxylic acids is 1. The molecule has 0 spiro atoms. The van der Waals surface area contributed by atoms with Crippen LogP contribution in [0.25, 0.3) is 0 Å². The normalized spacial score (nSPS) is 18.9. The average Bonchev–Trinajstić information content (AvgIpc) is 2.71. The minimum Gasteiger partial charge on any atom is -0.447 e. The van der Waals surface area contributed by atoms with E-state index in [0.717, 1.165) is 5.69 Å². The van der Waals surface area contributed by atoms with E-state index < -0.39 is 0 Å². The van der Waals surface area contributed by atoms with Crippen LogP contribution in [-0.2, 0) is 4.74 Å². The lowest BCUT2D eigenvalue weighted by atomic mass is 10.2. The summed E-state index contributed by atoms with van der Waals surface area (Å²) in [5.41, 5.74) is 1.33. The first-order valence-corrected chi connectivity index (χ1v) is 5.37. The molecule has 5 nitrogen and oxygen atoms in total. The zero-order valence-electron chi connectivity index (χ0n) is 9.51. The number of nitrogens with zero attached hydrogens (tertiary/aromatic N) is 2. The van der Waals surface area contributed by atoms with E-state index in [1.54, 1.807) is 29.2 Å². The summed E-state index contributed by atoms with van der Waals surface area (Å²) in [6, 6.07) is 8.94. The van der Waals surface area contributed by atoms with Crippen LogP contribution in [0.1, 0.15) is 5.56 Å². The molecule has 1 heterocycles. The quantitative estimate of drug-likeness (QED) is 0.846. The molecule has 1 N–H and O–H groups in total. The first-order chi connectivity index (χ1) is 8.26. The molecular weight excluding hydrogens is 218 g/mol. The maximum Gasteiger partial charge on any atom is 0.414 e. The molecule has 1 aromatic carbocycles. The smallest absolute Gasteiger partial charge is 0.414 e. The number of likely N-dealkylation sites (N-methyl/N-ethyl adjacent to an activating group) is 1. The molecule has 17 heavy (non-hydrogen) atoms. The van der Waals surface area contributed by atoms with Crippen LogP contribution in [0.2, 0.25) is 0 Å². The van der Waals surface area contributed by atoms with Gasteiger partial charge in [-0.2, -0.15) is 5.26 Å². The van der Waals surface area contributed by atoms with Gasteiger partial charge in [0.1, 0.15) is 6.61 Å². The van der Waals surface area contributed by atoms with E-state index in [0.29, 0.717) is 18.7 Å². The number of nitriles is 1. The fourth-order valence-corrected chi connectivity index (χ4v) is 1.86. The monoisotopic (exact) mass is 231 g/mol. The standard InChI is InChI=1S/C12H13N3O2/c1-14-7-11-8-17-12(16)15(11)10-4-2-9(6-13)3-5-10/h2-5,11,14H,7-8H2,1H3. The van der Waals surface area contributed by atoms with Crippen LogP contribution in [-0.4, -0.2) is 32.3 Å². The Kier molecular flexibility index (Phi) is 3.26. The van der Waals surface area contributed by atoms with Gasteiger partial charge in [-0.25, -0.2) is 4.79 Å². The molecule has 1 atom stereocenters. The third-order valence-corrected chi connectivity index (χ3v) is 2.68. The van der Waals surface area contributed by atoms with Gasteiger partial charge in [0.15, 0.2) is 0 Å². The summed E-state index contributed by atoms with van der Waals surface area (Å²) in [6.45, 7) is 1.06. The molecule has 0 aliphatic carbocycles. The highest BCUT2D eigenvalue weighted by Gasteiger charge is 2.33. The number of ether oxygens (including phenoxy) is 1. The van der Waals surface area contributed by atoms with Crippen LogP contribution in [0, 0.1) is 11.3 Å². The van der Waals surface area contributed by atoms with Crippen LogP contribution in [0.3, 0.4) is 0 Å². The molecule has 0 bridgehead atoms. The summed E-state index contributed by atoms with van der Waals surface area (Å²) >= 11 is 0. The van der Waals surface area contributed by atoms with Gasteiger partial charge < -0.3 is 10.1 Å². The lowest BCUT2D eigenvalue weighted by Gasteiger charge is -2.21. The van der Waals surface area contributed by atoms with Gasteiger partial charge in [0.05, 0.1) is 17.7 Å². The van der Waals surface area contributed by atoms with Crippen LogP contribution in [0.4, 0.5) is 10.5 Å². The molecule has 1 aromatic rings. The Balaban J connectivity index is 2.24. The second-order valence-electron chi connectivity index (χ2n) is 3.82. The van der Waals surface area contributed by atoms with Crippen molar-refractivity contribution in [1.82, 2.24) is 5.32 Å². The van der Waals surface area contributed by atoms with Crippen molar-refractivity contribution in [3.63, 3.8) is 0 Å². The molecule has 5 heteroatoms. The summed E-state index contributed by atoms with van der Waals surface area (Å²) in [5, 5.41) is 11.7. The van der Waals surface area contributed by atoms with E-state index in [1.165, 1.54) is 0 Å². The zero-order chi connectivity index (χ0) is 12.3. The van der Waals surface area contributed by atoms with Gasteiger partial charge in [-0.3, -0.25) is 4.90 Å². The van der Waals surface area contributed by atoms with Crippen molar-refractivity contribution in [2.45, 2.75) is 6.04 Å². The zero-order valence-corrected chi connectivity index (χ0v) is 9.51. The van der Waals surface area contributed by atoms with Gasteiger partial charge in [0.2, 0.25) is 0 Å². The van der Waals surface area contributed by atoms with Gasteiger partial charge in [-0.1, -0.05) is 0 Å². The van der Waals surface area contributed by atoms with E-state index >= 15 is 0 Å². The molecular formula is C12H13N3O2. The van der Waals surface area contributed by atoms with Crippen molar-refractivity contribution in [2.75, 3.05) is 25.1 Å². The van der Waals surface area contributed by atoms with E-state index in [2.05, 4.69) is 5.32 Å². The Bertz CT molecular complexity index is 450. The van der Waals surface area contributed by atoms with Gasteiger partial charge in [0, 0.05) is 12.2 Å². The summed E-state index contributed by atoms with van der Waals surface area (Å²) in [4.78, 5) is 13.2. The van der Waals surface area contributed by atoms with Crippen molar-refractivity contribution in [2.24, 2.45) is 0 Å². The molecule has 0 aromatic heterocycles. The summed E-state index contributed by atoms with van der Waals surface area (Å²) < 4.78 is 5.02. The maximum absolute atomic E-state index is 11.6. The molecule has 1 fully saturated rings. The number of hydrogen-bond acceptors (Lipinski definition) is 4. The number of hydrogen-bond donors (Lipinski definition) is 1. The Morgan fingerprint density at radius 1 is 1.53 bits per heavy atom. The highest BCUT2D eigenvalue weighted by atomic mass is 16.6. The molecule has 1 unspecified atom stereocenters. The van der Waals surface area contributed by atoms with Crippen LogP contribution in [0.5, 0.6) is 0 Å². The predicted octanol–water partition coefficient (Wildman–Crippen LogP) is 1.10. The second kappa shape index (κ2) is 4.85. The van der Waals surface area contributed by atoms with Gasteiger partial charge in [-0.15, -0.1) is 0 Å². The highest BCUT2D eigenvalue weighted by molar-refractivity contribution is 5.90. The van der Waals surface area contributed by atoms with Crippen LogP contribution < -0.4 is 10.2 Å². The number of carbonyl (C=O) groups is 1. The molecule has 0 saturated carbocycles. The molecule has 0 radical (unpaired) electrons. The largest absolute Gasteiger partial charge is 0.447 e. The van der Waals surface area contributed by atoms with Crippen molar-refractivity contribution >= 4 is 11.8 Å². The lowest BCUT2D eigenvalue weighted by Crippen LogP contribution is -2.40. The van der Waals surface area contributed by atoms with E-state index in [4.69, 9.17) is 10.00 Å². The number of anilines is 1. The molecule has 1 saturated heterocycles. The lowest BCUT2D eigenvalue weighted by molar-refractivity contribution is 0.178. The van der Waals surface area contributed by atoms with Crippen LogP contribution >= 0.6 is 0 Å². The van der Waals surface area contributed by atoms with Gasteiger partial charge in [-0.05, 0) is 31.3 Å². The molecule has 88 valence electrons. The maximum atomic E-state index is 11.6. The van der Waals surface area contributed by atoms with Gasteiger partial charge in [0.25, 0.3) is 0 Å². The predicted molar refractivity (Wildman–Crippen MR) is 62.7 cm³/mol. The number of cyclic esters (lactones) is 1. The fourth-order valence-electron chi connectivity index (χ4n) is 1.86. The minimum absolute atomic E-state index is 0.000403. The van der Waals surface area contributed by atoms with Crippen molar-refractivity contribution < 1.29 is 9.53 Å². The average molecular weight is 231 g/mol. The van der Waals surface area contributed by atoms with Crippen molar-refractivity contribution in [3.05, 3.63) is 29.8 Å². The number of rotatable bonds is 3. The number of nitrogens with one attached hydrogen (secondary N) is 1. The molecule has 1 aliphatic rings. The summed E-state index contributed by atoms with van der Waals surface area (Å²) in [6.07, 6.45) is -0.338.